The number of Topliss-reactive ketones (excluding diaryl/α,β-unsaturated/α-hetero) is 1. The van der Waals surface area contributed by atoms with Gasteiger partial charge < -0.3 is 14.6 Å². The topological polar surface area (TPSA) is 43.3 Å². The van der Waals surface area contributed by atoms with Crippen LogP contribution in [0.5, 0.6) is 5.75 Å². The largest absolute Gasteiger partial charge is 0.490 e. The zero-order chi connectivity index (χ0) is 31.4. The normalized spacial score (nSPS) is 13.2. The smallest absolute Gasteiger partial charge is 0.417 e. The van der Waals surface area contributed by atoms with Gasteiger partial charge in [-0.1, -0.05) is 52.3 Å². The average molecular weight is 615 g/mol. The van der Waals surface area contributed by atoms with E-state index < -0.39 is 11.7 Å². The molecule has 0 atom stereocenters. The molecule has 0 aliphatic heterocycles. The van der Waals surface area contributed by atoms with Crippen LogP contribution in [0.1, 0.15) is 94.3 Å². The van der Waals surface area contributed by atoms with Gasteiger partial charge in [-0.25, -0.2) is 0 Å². The Labute approximate surface area is 258 Å². The van der Waals surface area contributed by atoms with Gasteiger partial charge >= 0.3 is 6.18 Å². The van der Waals surface area contributed by atoms with E-state index in [9.17, 15) is 18.0 Å². The molecule has 1 fully saturated rings. The van der Waals surface area contributed by atoms with E-state index >= 15 is 0 Å². The zero-order valence-electron chi connectivity index (χ0n) is 26.0. The molecule has 0 unspecified atom stereocenters. The van der Waals surface area contributed by atoms with Gasteiger partial charge in [0.15, 0.2) is 5.78 Å². The van der Waals surface area contributed by atoms with Crippen LogP contribution < -0.4 is 10.1 Å². The summed E-state index contributed by atoms with van der Waals surface area (Å²) in [5.74, 6) is 0.366. The number of nitrogens with one attached hydrogen (secondary N) is 1. The van der Waals surface area contributed by atoms with Crippen molar-refractivity contribution in [2.75, 3.05) is 12.4 Å². The highest BCUT2D eigenvalue weighted by atomic mass is 32.1. The highest BCUT2D eigenvalue weighted by Crippen LogP contribution is 2.43. The minimum absolute atomic E-state index is 0.00485. The molecule has 1 aliphatic carbocycles. The molecule has 2 aromatic carbocycles. The number of carbonyl (C=O) groups is 1. The second-order valence-electron chi connectivity index (χ2n) is 10.4. The molecule has 0 spiro atoms. The molecule has 8 heteroatoms. The number of benzene rings is 2. The Bertz CT molecular complexity index is 1420. The molecule has 2 heterocycles. The summed E-state index contributed by atoms with van der Waals surface area (Å²) in [5.41, 5.74) is 2.01. The van der Waals surface area contributed by atoms with Crippen LogP contribution in [0.25, 0.3) is 21.5 Å². The molecule has 4 aromatic rings. The maximum atomic E-state index is 14.1. The van der Waals surface area contributed by atoms with Crippen LogP contribution in [0.3, 0.4) is 0 Å². The van der Waals surface area contributed by atoms with Crippen LogP contribution in [-0.4, -0.2) is 23.5 Å². The van der Waals surface area contributed by atoms with Gasteiger partial charge in [0.1, 0.15) is 5.75 Å². The summed E-state index contributed by atoms with van der Waals surface area (Å²) in [4.78, 5) is 13.1. The number of hydrogen-bond acceptors (Lipinski definition) is 4. The number of aromatic nitrogens is 1. The van der Waals surface area contributed by atoms with Crippen LogP contribution in [0, 0.1) is 0 Å². The lowest BCUT2D eigenvalue weighted by atomic mass is 10.0. The van der Waals surface area contributed by atoms with Gasteiger partial charge in [0.05, 0.1) is 32.5 Å². The number of hydrogen-bond donors (Lipinski definition) is 1. The first kappa shape index (κ1) is 34.2. The minimum Gasteiger partial charge on any atom is -0.490 e. The standard InChI is InChI=1S/C26H30F3NO2S.C7H9N.C2H6/c1-3-5-13-30-21(15-24-22(30)16-25(33-24)23(31)8-4-2)19-12-11-18(14-20(19)26(27,28)29)32-17-9-6-7-10-17;1-8-7-5-3-2-4-6-7;1-2/h11-12,14-17H,3-10,13H2,1-2H3;2-6,8H,1H3;1-2H3. The molecule has 5 rings (SSSR count). The number of ether oxygens (including phenoxy) is 1. The number of anilines is 1. The van der Waals surface area contributed by atoms with Crippen LogP contribution >= 0.6 is 11.3 Å². The number of carbonyl (C=O) groups excluding carboxylic acids is 1. The second-order valence-corrected chi connectivity index (χ2v) is 11.5. The summed E-state index contributed by atoms with van der Waals surface area (Å²) >= 11 is 1.37. The molecule has 0 amide bonds. The number of ketones is 1. The van der Waals surface area contributed by atoms with Crippen molar-refractivity contribution in [2.45, 2.75) is 97.9 Å². The highest BCUT2D eigenvalue weighted by molar-refractivity contribution is 7.20. The first-order valence-electron chi connectivity index (χ1n) is 15.5. The summed E-state index contributed by atoms with van der Waals surface area (Å²) in [6.07, 6.45) is 2.39. The molecule has 1 saturated carbocycles. The van der Waals surface area contributed by atoms with Gasteiger partial charge in [-0.2, -0.15) is 13.2 Å². The number of thiophene rings is 1. The first-order chi connectivity index (χ1) is 20.7. The van der Waals surface area contributed by atoms with Gasteiger partial charge in [0.25, 0.3) is 0 Å². The molecule has 0 saturated heterocycles. The predicted octanol–water partition coefficient (Wildman–Crippen LogP) is 11.2. The molecule has 1 N–H and O–H groups in total. The summed E-state index contributed by atoms with van der Waals surface area (Å²) < 4.78 is 51.1. The summed E-state index contributed by atoms with van der Waals surface area (Å²) in [6.45, 7) is 8.62. The van der Waals surface area contributed by atoms with Crippen LogP contribution in [0.4, 0.5) is 18.9 Å². The van der Waals surface area contributed by atoms with E-state index in [0.717, 1.165) is 66.9 Å². The van der Waals surface area contributed by atoms with Crippen molar-refractivity contribution in [1.29, 1.82) is 0 Å². The molecular formula is C35H45F3N2O2S. The van der Waals surface area contributed by atoms with Crippen molar-refractivity contribution in [3.05, 3.63) is 71.1 Å². The zero-order valence-corrected chi connectivity index (χ0v) is 26.8. The van der Waals surface area contributed by atoms with E-state index in [2.05, 4.69) is 12.2 Å². The van der Waals surface area contributed by atoms with Gasteiger partial charge in [-0.3, -0.25) is 4.79 Å². The SMILES string of the molecule is CC.CCCCn1c(-c2ccc(OC3CCCC3)cc2C(F)(F)F)cc2sc(C(=O)CCC)cc21.CNc1ccccc1. The highest BCUT2D eigenvalue weighted by Gasteiger charge is 2.35. The number of fused-ring (bicyclic) bond motifs is 1. The Morgan fingerprint density at radius 3 is 2.28 bits per heavy atom. The fourth-order valence-corrected chi connectivity index (χ4v) is 6.24. The minimum atomic E-state index is -4.50. The summed E-state index contributed by atoms with van der Waals surface area (Å²) in [7, 11) is 1.91. The number of aryl methyl sites for hydroxylation is 1. The van der Waals surface area contributed by atoms with Crippen LogP contribution in [-0.2, 0) is 12.7 Å². The van der Waals surface area contributed by atoms with Crippen LogP contribution in [0.2, 0.25) is 0 Å². The number of nitrogens with zero attached hydrogens (tertiary/aromatic N) is 1. The lowest BCUT2D eigenvalue weighted by molar-refractivity contribution is -0.137. The molecule has 2 aromatic heterocycles. The summed E-state index contributed by atoms with van der Waals surface area (Å²) in [5, 5.41) is 3.03. The Morgan fingerprint density at radius 2 is 1.70 bits per heavy atom. The van der Waals surface area contributed by atoms with E-state index in [4.69, 9.17) is 4.74 Å². The van der Waals surface area contributed by atoms with Crippen molar-refractivity contribution < 1.29 is 22.7 Å². The third-order valence-electron chi connectivity index (χ3n) is 7.32. The number of alkyl halides is 3. The van der Waals surface area contributed by atoms with E-state index in [1.807, 2.05) is 68.8 Å². The average Bonchev–Trinajstić information content (AvgIpc) is 3.75. The Kier molecular flexibility index (Phi) is 13.2. The Balaban J connectivity index is 0.000000433. The molecule has 4 nitrogen and oxygen atoms in total. The van der Waals surface area contributed by atoms with E-state index in [-0.39, 0.29) is 23.2 Å². The van der Waals surface area contributed by atoms with Gasteiger partial charge in [-0.05, 0) is 81.0 Å². The number of halogens is 3. The van der Waals surface area contributed by atoms with Gasteiger partial charge in [0, 0.05) is 31.3 Å². The van der Waals surface area contributed by atoms with Crippen molar-refractivity contribution in [3.63, 3.8) is 0 Å². The summed E-state index contributed by atoms with van der Waals surface area (Å²) in [6, 6.07) is 18.1. The molecule has 1 aliphatic rings. The van der Waals surface area contributed by atoms with Gasteiger partial charge in [0.2, 0.25) is 0 Å². The fraction of sp³-hybridized carbons (Fsp3) is 0.457. The third-order valence-corrected chi connectivity index (χ3v) is 8.43. The first-order valence-corrected chi connectivity index (χ1v) is 16.3. The van der Waals surface area contributed by atoms with Crippen molar-refractivity contribution in [3.8, 4) is 17.0 Å². The van der Waals surface area contributed by atoms with E-state index in [1.165, 1.54) is 17.4 Å². The maximum absolute atomic E-state index is 14.1. The monoisotopic (exact) mass is 614 g/mol. The molecule has 43 heavy (non-hydrogen) atoms. The lowest BCUT2D eigenvalue weighted by Crippen LogP contribution is -2.13. The maximum Gasteiger partial charge on any atom is 0.417 e. The Morgan fingerprint density at radius 1 is 1.00 bits per heavy atom. The number of unbranched alkanes of at least 4 members (excludes halogenated alkanes) is 1. The van der Waals surface area contributed by atoms with E-state index in [0.29, 0.717) is 23.5 Å². The van der Waals surface area contributed by atoms with Crippen molar-refractivity contribution in [2.24, 2.45) is 0 Å². The van der Waals surface area contributed by atoms with Crippen molar-refractivity contribution >= 4 is 33.0 Å². The Hall–Kier alpha value is -3.26. The molecule has 0 bridgehead atoms. The lowest BCUT2D eigenvalue weighted by Gasteiger charge is -2.19. The fourth-order valence-electron chi connectivity index (χ4n) is 5.17. The van der Waals surface area contributed by atoms with Gasteiger partial charge in [-0.15, -0.1) is 11.3 Å². The molecule has 234 valence electrons. The van der Waals surface area contributed by atoms with Crippen LogP contribution in [0.15, 0.2) is 60.7 Å². The molecular weight excluding hydrogens is 569 g/mol. The number of para-hydroxylation sites is 1. The predicted molar refractivity (Wildman–Crippen MR) is 175 cm³/mol. The third kappa shape index (κ3) is 9.12. The number of rotatable bonds is 10. The quantitative estimate of drug-likeness (QED) is 0.181. The molecule has 0 radical (unpaired) electrons. The van der Waals surface area contributed by atoms with Crippen molar-refractivity contribution in [1.82, 2.24) is 4.57 Å². The van der Waals surface area contributed by atoms with E-state index in [1.54, 1.807) is 12.1 Å². The second kappa shape index (κ2) is 16.6.